The molecular weight excluding hydrogens is 330 g/mol. The van der Waals surface area contributed by atoms with Crippen molar-refractivity contribution < 1.29 is 21.9 Å². The van der Waals surface area contributed by atoms with Gasteiger partial charge in [-0.05, 0) is 0 Å². The Hall–Kier alpha value is -0.260. The van der Waals surface area contributed by atoms with Gasteiger partial charge < -0.3 is 16.6 Å². The average Bonchev–Trinajstić information content (AvgIpc) is 2.59. The molecule has 0 spiro atoms. The van der Waals surface area contributed by atoms with Crippen LogP contribution in [0.2, 0.25) is 0 Å². The van der Waals surface area contributed by atoms with E-state index in [9.17, 15) is 21.9 Å². The summed E-state index contributed by atoms with van der Waals surface area (Å²) in [6.45, 7) is 3.49. The van der Waals surface area contributed by atoms with E-state index in [4.69, 9.17) is 11.5 Å². The predicted octanol–water partition coefficient (Wildman–Crippen LogP) is -2.34. The number of nitrogens with two attached hydrogens (primary N) is 2. The van der Waals surface area contributed by atoms with Crippen molar-refractivity contribution in [3.8, 4) is 0 Å². The number of hydrogen-bond donors (Lipinski definition) is 4. The van der Waals surface area contributed by atoms with Crippen molar-refractivity contribution in [3.05, 3.63) is 0 Å². The summed E-state index contributed by atoms with van der Waals surface area (Å²) in [7, 11) is -6.33. The van der Waals surface area contributed by atoms with Crippen molar-refractivity contribution in [1.82, 2.24) is 5.32 Å². The second-order valence-corrected chi connectivity index (χ2v) is 11.2. The summed E-state index contributed by atoms with van der Waals surface area (Å²) in [5.74, 6) is -0.730. The molecule has 4 atom stereocenters. The molecule has 0 saturated carbocycles. The van der Waals surface area contributed by atoms with Gasteiger partial charge in [-0.25, -0.2) is 16.8 Å². The fourth-order valence-corrected chi connectivity index (χ4v) is 5.15. The normalized spacial score (nSPS) is 28.5. The zero-order chi connectivity index (χ0) is 17.3. The SMILES string of the molecule is CC(C)(C(O)NCCS(C)(=O)=O)C(N)C1CS(=O)(=O)CC1N. The van der Waals surface area contributed by atoms with E-state index in [2.05, 4.69) is 5.32 Å². The average molecular weight is 357 g/mol. The minimum Gasteiger partial charge on any atom is -0.378 e. The molecule has 1 aliphatic rings. The summed E-state index contributed by atoms with van der Waals surface area (Å²) in [6.07, 6.45) is 0.0418. The Morgan fingerprint density at radius 2 is 1.91 bits per heavy atom. The van der Waals surface area contributed by atoms with Crippen molar-refractivity contribution in [3.63, 3.8) is 0 Å². The van der Waals surface area contributed by atoms with E-state index in [0.29, 0.717) is 0 Å². The molecular formula is C12H27N3O5S2. The van der Waals surface area contributed by atoms with Crippen molar-refractivity contribution in [2.45, 2.75) is 32.2 Å². The summed E-state index contributed by atoms with van der Waals surface area (Å²) in [4.78, 5) is 0. The van der Waals surface area contributed by atoms with Gasteiger partial charge >= 0.3 is 0 Å². The van der Waals surface area contributed by atoms with Gasteiger partial charge in [0.05, 0.1) is 17.3 Å². The molecule has 1 fully saturated rings. The quantitative estimate of drug-likeness (QED) is 0.370. The lowest BCUT2D eigenvalue weighted by Crippen LogP contribution is -2.58. The first-order chi connectivity index (χ1) is 9.76. The maximum absolute atomic E-state index is 11.7. The number of aliphatic hydroxyl groups is 1. The molecule has 0 aliphatic carbocycles. The third kappa shape index (κ3) is 5.14. The van der Waals surface area contributed by atoms with Gasteiger partial charge in [-0.15, -0.1) is 0 Å². The molecule has 0 aromatic rings. The first-order valence-corrected chi connectivity index (χ1v) is 11.0. The minimum absolute atomic E-state index is 0.0885. The molecule has 0 aromatic carbocycles. The van der Waals surface area contributed by atoms with Crippen LogP contribution in [0.5, 0.6) is 0 Å². The second kappa shape index (κ2) is 6.70. The lowest BCUT2D eigenvalue weighted by atomic mass is 9.75. The molecule has 1 rings (SSSR count). The molecule has 0 radical (unpaired) electrons. The van der Waals surface area contributed by atoms with E-state index in [-0.39, 0.29) is 23.8 Å². The van der Waals surface area contributed by atoms with Gasteiger partial charge in [-0.3, -0.25) is 5.32 Å². The Labute approximate surface area is 132 Å². The maximum Gasteiger partial charge on any atom is 0.152 e. The Morgan fingerprint density at radius 3 is 2.32 bits per heavy atom. The molecule has 0 amide bonds. The third-order valence-corrected chi connectivity index (χ3v) is 7.01. The van der Waals surface area contributed by atoms with Crippen LogP contribution < -0.4 is 16.8 Å². The standard InChI is InChI=1S/C12H27N3O5S2/c1-12(2,11(16)15-4-5-21(3,17)18)10(14)8-6-22(19,20)7-9(8)13/h8-11,15-16H,4-7,13-14H2,1-3H3. The fourth-order valence-electron chi connectivity index (χ4n) is 2.65. The van der Waals surface area contributed by atoms with Crippen LogP contribution in [0.25, 0.3) is 0 Å². The summed E-state index contributed by atoms with van der Waals surface area (Å²) in [5.41, 5.74) is 11.2. The van der Waals surface area contributed by atoms with Gasteiger partial charge in [0.15, 0.2) is 9.84 Å². The van der Waals surface area contributed by atoms with Gasteiger partial charge in [-0.2, -0.15) is 0 Å². The zero-order valence-electron chi connectivity index (χ0n) is 13.2. The van der Waals surface area contributed by atoms with Gasteiger partial charge in [0.25, 0.3) is 0 Å². The number of sulfone groups is 2. The van der Waals surface area contributed by atoms with E-state index >= 15 is 0 Å². The van der Waals surface area contributed by atoms with E-state index in [1.165, 1.54) is 0 Å². The molecule has 1 saturated heterocycles. The van der Waals surface area contributed by atoms with E-state index in [1.807, 2.05) is 0 Å². The predicted molar refractivity (Wildman–Crippen MR) is 85.6 cm³/mol. The molecule has 0 aromatic heterocycles. The van der Waals surface area contributed by atoms with Crippen LogP contribution in [0.1, 0.15) is 13.8 Å². The molecule has 10 heteroatoms. The van der Waals surface area contributed by atoms with Crippen LogP contribution in [-0.2, 0) is 19.7 Å². The van der Waals surface area contributed by atoms with Crippen LogP contribution in [-0.4, -0.2) is 70.3 Å². The summed E-state index contributed by atoms with van der Waals surface area (Å²) >= 11 is 0. The molecule has 1 aliphatic heterocycles. The molecule has 6 N–H and O–H groups in total. The Morgan fingerprint density at radius 1 is 1.36 bits per heavy atom. The molecule has 8 nitrogen and oxygen atoms in total. The summed E-state index contributed by atoms with van der Waals surface area (Å²) in [6, 6.07) is -1.19. The largest absolute Gasteiger partial charge is 0.378 e. The van der Waals surface area contributed by atoms with Gasteiger partial charge in [-0.1, -0.05) is 13.8 Å². The van der Waals surface area contributed by atoms with Crippen LogP contribution >= 0.6 is 0 Å². The molecule has 132 valence electrons. The highest BCUT2D eigenvalue weighted by Crippen LogP contribution is 2.32. The second-order valence-electron chi connectivity index (χ2n) is 6.74. The van der Waals surface area contributed by atoms with Crippen molar-refractivity contribution >= 4 is 19.7 Å². The van der Waals surface area contributed by atoms with Gasteiger partial charge in [0.2, 0.25) is 0 Å². The van der Waals surface area contributed by atoms with Crippen LogP contribution in [0.4, 0.5) is 0 Å². The van der Waals surface area contributed by atoms with Crippen molar-refractivity contribution in [2.75, 3.05) is 30.1 Å². The Balaban J connectivity index is 2.71. The zero-order valence-corrected chi connectivity index (χ0v) is 14.8. The van der Waals surface area contributed by atoms with Crippen LogP contribution in [0.15, 0.2) is 0 Å². The van der Waals surface area contributed by atoms with Crippen LogP contribution in [0.3, 0.4) is 0 Å². The Kier molecular flexibility index (Phi) is 6.02. The summed E-state index contributed by atoms with van der Waals surface area (Å²) in [5, 5.41) is 13.0. The topological polar surface area (TPSA) is 153 Å². The number of hydrogen-bond acceptors (Lipinski definition) is 8. The highest BCUT2D eigenvalue weighted by Gasteiger charge is 2.46. The maximum atomic E-state index is 11.7. The van der Waals surface area contributed by atoms with E-state index in [1.54, 1.807) is 13.8 Å². The first kappa shape index (κ1) is 19.8. The van der Waals surface area contributed by atoms with E-state index < -0.39 is 49.3 Å². The number of aliphatic hydroxyl groups excluding tert-OH is 1. The van der Waals surface area contributed by atoms with Crippen molar-refractivity contribution in [2.24, 2.45) is 22.8 Å². The van der Waals surface area contributed by atoms with Gasteiger partial charge in [0.1, 0.15) is 16.1 Å². The fraction of sp³-hybridized carbons (Fsp3) is 1.00. The molecule has 0 bridgehead atoms. The monoisotopic (exact) mass is 357 g/mol. The number of rotatable bonds is 7. The molecule has 4 unspecified atom stereocenters. The van der Waals surface area contributed by atoms with Crippen molar-refractivity contribution in [1.29, 1.82) is 0 Å². The first-order valence-electron chi connectivity index (χ1n) is 7.07. The smallest absolute Gasteiger partial charge is 0.152 e. The van der Waals surface area contributed by atoms with Gasteiger partial charge in [0, 0.05) is 36.2 Å². The van der Waals surface area contributed by atoms with Crippen LogP contribution in [0, 0.1) is 11.3 Å². The van der Waals surface area contributed by atoms with E-state index in [0.717, 1.165) is 6.26 Å². The number of nitrogens with one attached hydrogen (secondary N) is 1. The molecule has 1 heterocycles. The highest BCUT2D eigenvalue weighted by atomic mass is 32.2. The Bertz CT molecular complexity index is 588. The lowest BCUT2D eigenvalue weighted by Gasteiger charge is -2.40. The third-order valence-electron chi connectivity index (χ3n) is 4.28. The highest BCUT2D eigenvalue weighted by molar-refractivity contribution is 7.91. The molecule has 22 heavy (non-hydrogen) atoms. The summed E-state index contributed by atoms with van der Waals surface area (Å²) < 4.78 is 45.5. The minimum atomic E-state index is -3.20. The lowest BCUT2D eigenvalue weighted by molar-refractivity contribution is -0.00525.